The van der Waals surface area contributed by atoms with Gasteiger partial charge in [0.1, 0.15) is 0 Å². The molecule has 0 saturated carbocycles. The lowest BCUT2D eigenvalue weighted by molar-refractivity contribution is -0.149. The lowest BCUT2D eigenvalue weighted by Crippen LogP contribution is -2.48. The minimum atomic E-state index is -3.14. The second-order valence-electron chi connectivity index (χ2n) is 5.53. The van der Waals surface area contributed by atoms with E-state index in [0.29, 0.717) is 32.7 Å². The average Bonchev–Trinajstić information content (AvgIpc) is 2.50. The summed E-state index contributed by atoms with van der Waals surface area (Å²) in [6.07, 6.45) is 3.55. The van der Waals surface area contributed by atoms with Gasteiger partial charge < -0.3 is 15.0 Å². The molecule has 0 amide bonds. The Morgan fingerprint density at radius 1 is 1.39 bits per heavy atom. The first-order valence-corrected chi connectivity index (χ1v) is 9.83. The standard InChI is InChI=1S/C14H28N4O4S/c1-4-22-13(19)12-7-5-10-18(11-12)14(15-2)16-8-6-9-17-23(3,20)21/h12,17H,4-11H2,1-3H3,(H,15,16). The van der Waals surface area contributed by atoms with Crippen LogP contribution in [-0.2, 0) is 19.6 Å². The Morgan fingerprint density at radius 2 is 2.13 bits per heavy atom. The van der Waals surface area contributed by atoms with Crippen LogP contribution in [0.2, 0.25) is 0 Å². The van der Waals surface area contributed by atoms with Crippen LogP contribution >= 0.6 is 0 Å². The van der Waals surface area contributed by atoms with E-state index in [-0.39, 0.29) is 11.9 Å². The fourth-order valence-corrected chi connectivity index (χ4v) is 3.02. The molecule has 1 aliphatic rings. The lowest BCUT2D eigenvalue weighted by atomic mass is 9.98. The third-order valence-electron chi connectivity index (χ3n) is 3.55. The predicted octanol–water partition coefficient (Wildman–Crippen LogP) is -0.224. The normalized spacial score (nSPS) is 19.5. The average molecular weight is 348 g/mol. The third-order valence-corrected chi connectivity index (χ3v) is 4.28. The number of likely N-dealkylation sites (tertiary alicyclic amines) is 1. The van der Waals surface area contributed by atoms with Crippen LogP contribution in [0.3, 0.4) is 0 Å². The summed E-state index contributed by atoms with van der Waals surface area (Å²) < 4.78 is 29.5. The molecule has 1 rings (SSSR count). The number of rotatable bonds is 7. The molecule has 1 fully saturated rings. The summed E-state index contributed by atoms with van der Waals surface area (Å²) in [5.74, 6) is 0.470. The van der Waals surface area contributed by atoms with E-state index in [1.54, 1.807) is 7.05 Å². The van der Waals surface area contributed by atoms with Crippen molar-refractivity contribution < 1.29 is 17.9 Å². The number of carbonyl (C=O) groups excluding carboxylic acids is 1. The molecule has 9 heteroatoms. The van der Waals surface area contributed by atoms with Gasteiger partial charge in [-0.2, -0.15) is 0 Å². The topological polar surface area (TPSA) is 100 Å². The van der Waals surface area contributed by atoms with Gasteiger partial charge in [-0.1, -0.05) is 0 Å². The van der Waals surface area contributed by atoms with Crippen molar-refractivity contribution in [1.82, 2.24) is 14.9 Å². The number of sulfonamides is 1. The number of aliphatic imine (C=N–C) groups is 1. The van der Waals surface area contributed by atoms with Crippen LogP contribution in [0.1, 0.15) is 26.2 Å². The number of hydrogen-bond donors (Lipinski definition) is 2. The Kier molecular flexibility index (Phi) is 8.32. The Bertz CT molecular complexity index is 507. The highest BCUT2D eigenvalue weighted by Gasteiger charge is 2.28. The van der Waals surface area contributed by atoms with Gasteiger partial charge in [-0.15, -0.1) is 0 Å². The van der Waals surface area contributed by atoms with Crippen LogP contribution < -0.4 is 10.0 Å². The van der Waals surface area contributed by atoms with Crippen molar-refractivity contribution >= 4 is 22.0 Å². The molecule has 0 radical (unpaired) electrons. The molecule has 1 aliphatic heterocycles. The molecular formula is C14H28N4O4S. The molecule has 134 valence electrons. The number of ether oxygens (including phenoxy) is 1. The highest BCUT2D eigenvalue weighted by molar-refractivity contribution is 7.88. The Hall–Kier alpha value is -1.35. The molecule has 1 heterocycles. The van der Waals surface area contributed by atoms with Gasteiger partial charge in [0.05, 0.1) is 18.8 Å². The molecule has 0 aromatic carbocycles. The monoisotopic (exact) mass is 348 g/mol. The van der Waals surface area contributed by atoms with E-state index in [0.717, 1.165) is 31.6 Å². The van der Waals surface area contributed by atoms with E-state index < -0.39 is 10.0 Å². The number of nitrogens with one attached hydrogen (secondary N) is 2. The second-order valence-corrected chi connectivity index (χ2v) is 7.36. The van der Waals surface area contributed by atoms with E-state index in [2.05, 4.69) is 19.9 Å². The van der Waals surface area contributed by atoms with Crippen LogP contribution in [-0.4, -0.2) is 71.3 Å². The summed E-state index contributed by atoms with van der Waals surface area (Å²) in [7, 11) is -1.44. The highest BCUT2D eigenvalue weighted by Crippen LogP contribution is 2.17. The van der Waals surface area contributed by atoms with Gasteiger partial charge in [0, 0.05) is 33.2 Å². The highest BCUT2D eigenvalue weighted by atomic mass is 32.2. The van der Waals surface area contributed by atoms with Gasteiger partial charge in [-0.25, -0.2) is 13.1 Å². The van der Waals surface area contributed by atoms with Gasteiger partial charge in [0.2, 0.25) is 10.0 Å². The smallest absolute Gasteiger partial charge is 0.310 e. The fourth-order valence-electron chi connectivity index (χ4n) is 2.50. The van der Waals surface area contributed by atoms with Gasteiger partial charge >= 0.3 is 5.97 Å². The number of nitrogens with zero attached hydrogens (tertiary/aromatic N) is 2. The van der Waals surface area contributed by atoms with E-state index in [9.17, 15) is 13.2 Å². The van der Waals surface area contributed by atoms with Crippen molar-refractivity contribution in [2.75, 3.05) is 46.1 Å². The Balaban J connectivity index is 2.40. The van der Waals surface area contributed by atoms with Gasteiger partial charge in [-0.05, 0) is 26.2 Å². The largest absolute Gasteiger partial charge is 0.466 e. The molecule has 2 N–H and O–H groups in total. The number of guanidine groups is 1. The zero-order chi connectivity index (χ0) is 17.3. The van der Waals surface area contributed by atoms with Crippen LogP contribution in [0.5, 0.6) is 0 Å². The zero-order valence-corrected chi connectivity index (χ0v) is 15.0. The molecule has 0 aromatic rings. The summed E-state index contributed by atoms with van der Waals surface area (Å²) in [5.41, 5.74) is 0. The van der Waals surface area contributed by atoms with E-state index in [4.69, 9.17) is 4.74 Å². The molecule has 0 spiro atoms. The van der Waals surface area contributed by atoms with Crippen molar-refractivity contribution in [2.45, 2.75) is 26.2 Å². The van der Waals surface area contributed by atoms with Gasteiger partial charge in [0.25, 0.3) is 0 Å². The maximum atomic E-state index is 11.9. The molecule has 0 bridgehead atoms. The SMILES string of the molecule is CCOC(=O)C1CCCN(C(=NC)NCCCNS(C)(=O)=O)C1. The molecule has 23 heavy (non-hydrogen) atoms. The molecular weight excluding hydrogens is 320 g/mol. The quantitative estimate of drug-likeness (QED) is 0.285. The number of carbonyl (C=O) groups is 1. The van der Waals surface area contributed by atoms with Crippen molar-refractivity contribution in [1.29, 1.82) is 0 Å². The van der Waals surface area contributed by atoms with Crippen molar-refractivity contribution in [3.05, 3.63) is 0 Å². The summed E-state index contributed by atoms with van der Waals surface area (Å²) in [5, 5.41) is 3.21. The summed E-state index contributed by atoms with van der Waals surface area (Å²) in [6.45, 7) is 4.64. The molecule has 1 unspecified atom stereocenters. The second kappa shape index (κ2) is 9.71. The van der Waals surface area contributed by atoms with E-state index in [1.807, 2.05) is 6.92 Å². The summed E-state index contributed by atoms with van der Waals surface area (Å²) >= 11 is 0. The van der Waals surface area contributed by atoms with Crippen molar-refractivity contribution in [3.8, 4) is 0 Å². The maximum absolute atomic E-state index is 11.9. The minimum Gasteiger partial charge on any atom is -0.466 e. The van der Waals surface area contributed by atoms with Crippen molar-refractivity contribution in [2.24, 2.45) is 10.9 Å². The zero-order valence-electron chi connectivity index (χ0n) is 14.2. The Labute approximate surface area is 138 Å². The predicted molar refractivity (Wildman–Crippen MR) is 89.8 cm³/mol. The first kappa shape index (κ1) is 19.7. The molecule has 0 aliphatic carbocycles. The summed E-state index contributed by atoms with van der Waals surface area (Å²) in [6, 6.07) is 0. The first-order chi connectivity index (χ1) is 10.9. The van der Waals surface area contributed by atoms with E-state index in [1.165, 1.54) is 0 Å². The van der Waals surface area contributed by atoms with Gasteiger partial charge in [-0.3, -0.25) is 9.79 Å². The van der Waals surface area contributed by atoms with Crippen molar-refractivity contribution in [3.63, 3.8) is 0 Å². The van der Waals surface area contributed by atoms with Crippen LogP contribution in [0.15, 0.2) is 4.99 Å². The number of piperidine rings is 1. The van der Waals surface area contributed by atoms with Crippen LogP contribution in [0.4, 0.5) is 0 Å². The molecule has 1 saturated heterocycles. The molecule has 1 atom stereocenters. The number of hydrogen-bond acceptors (Lipinski definition) is 5. The first-order valence-electron chi connectivity index (χ1n) is 7.94. The molecule has 8 nitrogen and oxygen atoms in total. The summed E-state index contributed by atoms with van der Waals surface area (Å²) in [4.78, 5) is 18.2. The third kappa shape index (κ3) is 7.65. The van der Waals surface area contributed by atoms with Crippen LogP contribution in [0, 0.1) is 5.92 Å². The Morgan fingerprint density at radius 3 is 2.74 bits per heavy atom. The maximum Gasteiger partial charge on any atom is 0.310 e. The lowest BCUT2D eigenvalue weighted by Gasteiger charge is -2.33. The molecule has 0 aromatic heterocycles. The van der Waals surface area contributed by atoms with E-state index >= 15 is 0 Å². The minimum absolute atomic E-state index is 0.117. The van der Waals surface area contributed by atoms with Crippen LogP contribution in [0.25, 0.3) is 0 Å². The fraction of sp³-hybridized carbons (Fsp3) is 0.857. The number of esters is 1. The van der Waals surface area contributed by atoms with Gasteiger partial charge in [0.15, 0.2) is 5.96 Å².